The van der Waals surface area contributed by atoms with E-state index < -0.39 is 5.82 Å². The van der Waals surface area contributed by atoms with Crippen LogP contribution in [0.5, 0.6) is 0 Å². The van der Waals surface area contributed by atoms with E-state index in [9.17, 15) is 9.18 Å². The first-order valence-electron chi connectivity index (χ1n) is 5.89. The SMILES string of the molecule is O=C(c1cncc(F)c1)N1CCN(CCCl)CC1. The maximum absolute atomic E-state index is 13.0. The van der Waals surface area contributed by atoms with E-state index in [1.54, 1.807) is 4.90 Å². The highest BCUT2D eigenvalue weighted by Crippen LogP contribution is 2.09. The van der Waals surface area contributed by atoms with Crippen LogP contribution in [0.4, 0.5) is 4.39 Å². The molecule has 1 fully saturated rings. The van der Waals surface area contributed by atoms with Gasteiger partial charge in [-0.2, -0.15) is 0 Å². The molecule has 0 saturated carbocycles. The third-order valence-electron chi connectivity index (χ3n) is 3.01. The van der Waals surface area contributed by atoms with Crippen LogP contribution >= 0.6 is 11.6 Å². The minimum atomic E-state index is -0.485. The van der Waals surface area contributed by atoms with Crippen LogP contribution < -0.4 is 0 Å². The largest absolute Gasteiger partial charge is 0.336 e. The molecule has 0 spiro atoms. The number of halogens is 2. The lowest BCUT2D eigenvalue weighted by Crippen LogP contribution is -2.49. The molecule has 0 unspecified atom stereocenters. The predicted octanol–water partition coefficient (Wildman–Crippen LogP) is 1.22. The molecule has 18 heavy (non-hydrogen) atoms. The summed E-state index contributed by atoms with van der Waals surface area (Å²) in [6.07, 6.45) is 2.49. The van der Waals surface area contributed by atoms with Gasteiger partial charge in [0.25, 0.3) is 5.91 Å². The molecule has 1 amide bonds. The number of rotatable bonds is 3. The summed E-state index contributed by atoms with van der Waals surface area (Å²) in [6, 6.07) is 1.22. The van der Waals surface area contributed by atoms with Crippen molar-refractivity contribution >= 4 is 17.5 Å². The minimum Gasteiger partial charge on any atom is -0.336 e. The summed E-state index contributed by atoms with van der Waals surface area (Å²) in [5.41, 5.74) is 0.306. The summed E-state index contributed by atoms with van der Waals surface area (Å²) >= 11 is 5.67. The van der Waals surface area contributed by atoms with E-state index in [0.717, 1.165) is 25.8 Å². The van der Waals surface area contributed by atoms with Gasteiger partial charge in [0.05, 0.1) is 11.8 Å². The molecule has 2 rings (SSSR count). The van der Waals surface area contributed by atoms with Crippen molar-refractivity contribution < 1.29 is 9.18 Å². The summed E-state index contributed by atoms with van der Waals surface area (Å²) < 4.78 is 13.0. The Morgan fingerprint density at radius 2 is 2.06 bits per heavy atom. The molecule has 4 nitrogen and oxygen atoms in total. The second-order valence-electron chi connectivity index (χ2n) is 4.21. The molecule has 0 aliphatic carbocycles. The van der Waals surface area contributed by atoms with Gasteiger partial charge in [0.1, 0.15) is 5.82 Å². The standard InChI is InChI=1S/C12H15ClFN3O/c13-1-2-16-3-5-17(6-4-16)12(18)10-7-11(14)9-15-8-10/h7-9H,1-6H2. The van der Waals surface area contributed by atoms with Gasteiger partial charge in [-0.25, -0.2) is 4.39 Å². The van der Waals surface area contributed by atoms with Gasteiger partial charge in [-0.05, 0) is 6.07 Å². The zero-order valence-corrected chi connectivity index (χ0v) is 10.7. The number of aromatic nitrogens is 1. The summed E-state index contributed by atoms with van der Waals surface area (Å²) in [5, 5.41) is 0. The fourth-order valence-corrected chi connectivity index (χ4v) is 2.24. The van der Waals surface area contributed by atoms with Crippen LogP contribution in [0, 0.1) is 5.82 Å². The third kappa shape index (κ3) is 3.17. The lowest BCUT2D eigenvalue weighted by atomic mass is 10.2. The van der Waals surface area contributed by atoms with E-state index in [1.807, 2.05) is 0 Å². The van der Waals surface area contributed by atoms with Crippen LogP contribution in [0.2, 0.25) is 0 Å². The second-order valence-corrected chi connectivity index (χ2v) is 4.59. The Morgan fingerprint density at radius 3 is 2.67 bits per heavy atom. The number of amides is 1. The molecule has 1 aromatic rings. The Bertz CT molecular complexity index is 422. The number of pyridine rings is 1. The minimum absolute atomic E-state index is 0.160. The van der Waals surface area contributed by atoms with Crippen LogP contribution in [0.1, 0.15) is 10.4 Å². The zero-order valence-electron chi connectivity index (χ0n) is 9.98. The molecule has 0 N–H and O–H groups in total. The van der Waals surface area contributed by atoms with E-state index in [2.05, 4.69) is 9.88 Å². The quantitative estimate of drug-likeness (QED) is 0.776. The van der Waals surface area contributed by atoms with Crippen LogP contribution in [0.3, 0.4) is 0 Å². The van der Waals surface area contributed by atoms with Crippen molar-refractivity contribution in [3.05, 3.63) is 29.8 Å². The van der Waals surface area contributed by atoms with Gasteiger partial charge < -0.3 is 4.90 Å². The number of carbonyl (C=O) groups excluding carboxylic acids is 1. The van der Waals surface area contributed by atoms with Crippen LogP contribution in [0.15, 0.2) is 18.5 Å². The van der Waals surface area contributed by atoms with Gasteiger partial charge in [-0.1, -0.05) is 0 Å². The summed E-state index contributed by atoms with van der Waals surface area (Å²) in [6.45, 7) is 3.74. The van der Waals surface area contributed by atoms with E-state index in [-0.39, 0.29) is 5.91 Å². The lowest BCUT2D eigenvalue weighted by molar-refractivity contribution is 0.0643. The average Bonchev–Trinajstić information content (AvgIpc) is 2.39. The summed E-state index contributed by atoms with van der Waals surface area (Å²) in [4.78, 5) is 19.7. The molecular weight excluding hydrogens is 257 g/mol. The van der Waals surface area contributed by atoms with Crippen LogP contribution in [-0.4, -0.2) is 59.3 Å². The fraction of sp³-hybridized carbons (Fsp3) is 0.500. The first-order valence-corrected chi connectivity index (χ1v) is 6.42. The fourth-order valence-electron chi connectivity index (χ4n) is 2.01. The van der Waals surface area contributed by atoms with Gasteiger partial charge in [-0.3, -0.25) is 14.7 Å². The van der Waals surface area contributed by atoms with Crippen molar-refractivity contribution in [1.29, 1.82) is 0 Å². The highest BCUT2D eigenvalue weighted by Gasteiger charge is 2.22. The number of piperazine rings is 1. The second kappa shape index (κ2) is 6.11. The molecule has 0 bridgehead atoms. The molecule has 0 radical (unpaired) electrons. The highest BCUT2D eigenvalue weighted by atomic mass is 35.5. The molecule has 1 saturated heterocycles. The molecule has 1 aromatic heterocycles. The van der Waals surface area contributed by atoms with Gasteiger partial charge in [0.2, 0.25) is 0 Å². The summed E-state index contributed by atoms with van der Waals surface area (Å²) in [5.74, 6) is -0.0453. The van der Waals surface area contributed by atoms with E-state index in [4.69, 9.17) is 11.6 Å². The van der Waals surface area contributed by atoms with Crippen molar-refractivity contribution in [2.45, 2.75) is 0 Å². The first kappa shape index (κ1) is 13.2. The van der Waals surface area contributed by atoms with E-state index in [0.29, 0.717) is 24.5 Å². The number of carbonyl (C=O) groups is 1. The van der Waals surface area contributed by atoms with Gasteiger partial charge in [0.15, 0.2) is 0 Å². The molecule has 1 aliphatic rings. The predicted molar refractivity (Wildman–Crippen MR) is 67.3 cm³/mol. The van der Waals surface area contributed by atoms with Crippen molar-refractivity contribution in [2.75, 3.05) is 38.6 Å². The smallest absolute Gasteiger partial charge is 0.255 e. The number of hydrogen-bond donors (Lipinski definition) is 0. The Labute approximate surface area is 110 Å². The Balaban J connectivity index is 1.95. The van der Waals surface area contributed by atoms with Crippen LogP contribution in [0.25, 0.3) is 0 Å². The van der Waals surface area contributed by atoms with Crippen LogP contribution in [-0.2, 0) is 0 Å². The van der Waals surface area contributed by atoms with Crippen molar-refractivity contribution in [3.63, 3.8) is 0 Å². The normalized spacial score (nSPS) is 16.9. The molecule has 0 atom stereocenters. The van der Waals surface area contributed by atoms with E-state index >= 15 is 0 Å². The van der Waals surface area contributed by atoms with E-state index in [1.165, 1.54) is 12.3 Å². The Kier molecular flexibility index (Phi) is 4.49. The van der Waals surface area contributed by atoms with Gasteiger partial charge in [0, 0.05) is 44.8 Å². The van der Waals surface area contributed by atoms with Crippen molar-refractivity contribution in [1.82, 2.24) is 14.8 Å². The number of nitrogens with zero attached hydrogens (tertiary/aromatic N) is 3. The molecule has 2 heterocycles. The van der Waals surface area contributed by atoms with Gasteiger partial charge in [-0.15, -0.1) is 11.6 Å². The zero-order chi connectivity index (χ0) is 13.0. The van der Waals surface area contributed by atoms with Crippen molar-refractivity contribution in [3.8, 4) is 0 Å². The maximum Gasteiger partial charge on any atom is 0.255 e. The summed E-state index contributed by atoms with van der Waals surface area (Å²) in [7, 11) is 0. The lowest BCUT2D eigenvalue weighted by Gasteiger charge is -2.34. The first-order chi connectivity index (χ1) is 8.70. The molecule has 1 aliphatic heterocycles. The molecule has 6 heteroatoms. The maximum atomic E-state index is 13.0. The molecule has 98 valence electrons. The number of hydrogen-bond acceptors (Lipinski definition) is 3. The Morgan fingerprint density at radius 1 is 1.33 bits per heavy atom. The topological polar surface area (TPSA) is 36.4 Å². The number of alkyl halides is 1. The highest BCUT2D eigenvalue weighted by molar-refractivity contribution is 6.18. The molecular formula is C12H15ClFN3O. The van der Waals surface area contributed by atoms with Gasteiger partial charge >= 0.3 is 0 Å². The Hall–Kier alpha value is -1.20. The molecule has 0 aromatic carbocycles. The van der Waals surface area contributed by atoms with Crippen molar-refractivity contribution in [2.24, 2.45) is 0 Å². The third-order valence-corrected chi connectivity index (χ3v) is 3.18. The monoisotopic (exact) mass is 271 g/mol. The average molecular weight is 272 g/mol.